The summed E-state index contributed by atoms with van der Waals surface area (Å²) in [7, 11) is -2.66. The maximum Gasteiger partial charge on any atom is 0.263 e. The van der Waals surface area contributed by atoms with Crippen LogP contribution in [0.15, 0.2) is 53.7 Å². The quantitative estimate of drug-likeness (QED) is 0.250. The summed E-state index contributed by atoms with van der Waals surface area (Å²) in [6.07, 6.45) is -1.63. The van der Waals surface area contributed by atoms with Crippen molar-refractivity contribution >= 4 is 27.4 Å². The van der Waals surface area contributed by atoms with E-state index < -0.39 is 28.8 Å². The zero-order chi connectivity index (χ0) is 28.8. The van der Waals surface area contributed by atoms with Gasteiger partial charge in [-0.05, 0) is 35.2 Å². The number of aromatic nitrogens is 2. The highest BCUT2D eigenvalue weighted by Crippen LogP contribution is 2.39. The summed E-state index contributed by atoms with van der Waals surface area (Å²) in [5, 5.41) is 28.6. The molecule has 0 aliphatic carbocycles. The predicted octanol–water partition coefficient (Wildman–Crippen LogP) is 3.26. The second kappa shape index (κ2) is 12.9. The van der Waals surface area contributed by atoms with Crippen molar-refractivity contribution in [2.75, 3.05) is 25.0 Å². The van der Waals surface area contributed by atoms with Crippen LogP contribution in [0.3, 0.4) is 0 Å². The molecule has 3 aromatic rings. The maximum atomic E-state index is 13.3. The lowest BCUT2D eigenvalue weighted by Gasteiger charge is -2.20. The molecule has 2 atom stereocenters. The number of ether oxygens (including phenoxy) is 3. The van der Waals surface area contributed by atoms with Crippen LogP contribution in [0.4, 0.5) is 5.82 Å². The first-order valence-electron chi connectivity index (χ1n) is 11.9. The molecule has 0 amide bonds. The summed E-state index contributed by atoms with van der Waals surface area (Å²) in [5.41, 5.74) is 0.929. The Morgan fingerprint density at radius 1 is 1.03 bits per heavy atom. The molecule has 0 aliphatic rings. The molecular formula is C26H32ClN3O8S. The van der Waals surface area contributed by atoms with Gasteiger partial charge < -0.3 is 29.5 Å². The molecule has 4 N–H and O–H groups in total. The summed E-state index contributed by atoms with van der Waals surface area (Å²) in [6.45, 7) is 4.82. The van der Waals surface area contributed by atoms with Crippen LogP contribution in [0.1, 0.15) is 32.0 Å². The van der Waals surface area contributed by atoms with Crippen LogP contribution in [0, 0.1) is 0 Å². The SMILES string of the molecule is COc1cccc(Oc2c(COC[C@H](O)[C@@H](O)CO)ncnc2NS(=O)(=O)c2ccc(C(C)(C)C)cc2)c1Cl. The Hall–Kier alpha value is -3.00. The van der Waals surface area contributed by atoms with E-state index in [2.05, 4.69) is 14.7 Å². The molecular weight excluding hydrogens is 550 g/mol. The van der Waals surface area contributed by atoms with Gasteiger partial charge in [-0.15, -0.1) is 0 Å². The van der Waals surface area contributed by atoms with Gasteiger partial charge in [-0.1, -0.05) is 50.6 Å². The monoisotopic (exact) mass is 581 g/mol. The highest BCUT2D eigenvalue weighted by atomic mass is 35.5. The van der Waals surface area contributed by atoms with Crippen molar-refractivity contribution in [2.24, 2.45) is 0 Å². The van der Waals surface area contributed by atoms with Crippen LogP contribution in [0.5, 0.6) is 17.2 Å². The Bertz CT molecular complexity index is 1360. The van der Waals surface area contributed by atoms with E-state index in [-0.39, 0.29) is 51.6 Å². The lowest BCUT2D eigenvalue weighted by atomic mass is 9.87. The van der Waals surface area contributed by atoms with E-state index in [0.717, 1.165) is 11.9 Å². The number of hydrogen-bond donors (Lipinski definition) is 4. The topological polar surface area (TPSA) is 160 Å². The molecule has 0 spiro atoms. The van der Waals surface area contributed by atoms with Gasteiger partial charge in [0.1, 0.15) is 40.8 Å². The third-order valence-corrected chi connectivity index (χ3v) is 7.39. The number of sulfonamides is 1. The highest BCUT2D eigenvalue weighted by molar-refractivity contribution is 7.92. The Kier molecular flexibility index (Phi) is 10.1. The van der Waals surface area contributed by atoms with Crippen molar-refractivity contribution in [1.29, 1.82) is 0 Å². The van der Waals surface area contributed by atoms with Crippen LogP contribution in [0.2, 0.25) is 5.02 Å². The minimum atomic E-state index is -4.10. The molecule has 0 fully saturated rings. The van der Waals surface area contributed by atoms with Gasteiger partial charge in [0.05, 0.1) is 31.8 Å². The standard InChI is InChI=1S/C26H32ClN3O8S/c1-26(2,3)16-8-10-17(11-9-16)39(34,35)30-25-24(38-22-7-5-6-21(36-4)23(22)27)18(28-15-29-25)13-37-14-20(33)19(32)12-31/h5-11,15,19-20,31-33H,12-14H2,1-4H3,(H,28,29,30)/t19-,20-/m0/s1. The van der Waals surface area contributed by atoms with Gasteiger partial charge in [0, 0.05) is 0 Å². The number of benzene rings is 2. The number of anilines is 1. The van der Waals surface area contributed by atoms with Crippen molar-refractivity contribution < 1.29 is 37.9 Å². The second-order valence-corrected chi connectivity index (χ2v) is 11.6. The minimum Gasteiger partial charge on any atom is -0.495 e. The summed E-state index contributed by atoms with van der Waals surface area (Å²) < 4.78 is 45.6. The zero-order valence-electron chi connectivity index (χ0n) is 22.0. The number of hydrogen-bond acceptors (Lipinski definition) is 10. The van der Waals surface area contributed by atoms with E-state index in [4.69, 9.17) is 30.9 Å². The molecule has 0 bridgehead atoms. The number of nitrogens with one attached hydrogen (secondary N) is 1. The molecule has 13 heteroatoms. The van der Waals surface area contributed by atoms with Crippen LogP contribution < -0.4 is 14.2 Å². The predicted molar refractivity (Wildman–Crippen MR) is 145 cm³/mol. The molecule has 0 unspecified atom stereocenters. The van der Waals surface area contributed by atoms with Crippen LogP contribution >= 0.6 is 11.6 Å². The normalized spacial score (nSPS) is 13.5. The zero-order valence-corrected chi connectivity index (χ0v) is 23.5. The second-order valence-electron chi connectivity index (χ2n) is 9.58. The van der Waals surface area contributed by atoms with Crippen molar-refractivity contribution in [2.45, 2.75) is 49.9 Å². The fourth-order valence-corrected chi connectivity index (χ4v) is 4.61. The Morgan fingerprint density at radius 2 is 1.69 bits per heavy atom. The average molecular weight is 582 g/mol. The number of halogens is 1. The van der Waals surface area contributed by atoms with E-state index in [1.165, 1.54) is 19.2 Å². The van der Waals surface area contributed by atoms with Gasteiger partial charge in [-0.25, -0.2) is 18.4 Å². The third-order valence-electron chi connectivity index (χ3n) is 5.66. The van der Waals surface area contributed by atoms with Crippen molar-refractivity contribution in [3.8, 4) is 17.2 Å². The minimum absolute atomic E-state index is 0.0124. The van der Waals surface area contributed by atoms with Crippen LogP contribution in [-0.2, 0) is 26.8 Å². The van der Waals surface area contributed by atoms with Crippen LogP contribution in [0.25, 0.3) is 0 Å². The largest absolute Gasteiger partial charge is 0.495 e. The lowest BCUT2D eigenvalue weighted by Crippen LogP contribution is -2.33. The lowest BCUT2D eigenvalue weighted by molar-refractivity contribution is -0.0606. The van der Waals surface area contributed by atoms with E-state index in [0.29, 0.717) is 5.75 Å². The van der Waals surface area contributed by atoms with Gasteiger partial charge in [0.15, 0.2) is 11.6 Å². The fourth-order valence-electron chi connectivity index (χ4n) is 3.36. The van der Waals surface area contributed by atoms with Gasteiger partial charge in [0.25, 0.3) is 10.0 Å². The number of rotatable bonds is 12. The van der Waals surface area contributed by atoms with E-state index >= 15 is 0 Å². The molecule has 0 saturated carbocycles. The molecule has 212 valence electrons. The maximum absolute atomic E-state index is 13.3. The Labute approximate surface area is 232 Å². The van der Waals surface area contributed by atoms with Gasteiger partial charge >= 0.3 is 0 Å². The number of methoxy groups -OCH3 is 1. The number of aliphatic hydroxyl groups excluding tert-OH is 3. The van der Waals surface area contributed by atoms with Gasteiger partial charge in [-0.2, -0.15) is 0 Å². The fraction of sp³-hybridized carbons (Fsp3) is 0.385. The summed E-state index contributed by atoms with van der Waals surface area (Å²) in [6, 6.07) is 11.3. The molecule has 11 nitrogen and oxygen atoms in total. The molecule has 1 aromatic heterocycles. The van der Waals surface area contributed by atoms with E-state index in [1.54, 1.807) is 30.3 Å². The molecule has 0 aliphatic heterocycles. The smallest absolute Gasteiger partial charge is 0.263 e. The highest BCUT2D eigenvalue weighted by Gasteiger charge is 2.24. The first kappa shape index (κ1) is 30.5. The summed E-state index contributed by atoms with van der Waals surface area (Å²) >= 11 is 6.40. The summed E-state index contributed by atoms with van der Waals surface area (Å²) in [4.78, 5) is 8.24. The molecule has 1 heterocycles. The number of nitrogens with zero attached hydrogens (tertiary/aromatic N) is 2. The van der Waals surface area contributed by atoms with Gasteiger partial charge in [0.2, 0.25) is 0 Å². The first-order valence-corrected chi connectivity index (χ1v) is 13.8. The summed E-state index contributed by atoms with van der Waals surface area (Å²) in [5.74, 6) is 0.182. The molecule has 0 saturated heterocycles. The Morgan fingerprint density at radius 3 is 2.31 bits per heavy atom. The molecule has 39 heavy (non-hydrogen) atoms. The van der Waals surface area contributed by atoms with E-state index in [9.17, 15) is 18.6 Å². The first-order chi connectivity index (χ1) is 18.4. The number of aliphatic hydroxyl groups is 3. The molecule has 2 aromatic carbocycles. The van der Waals surface area contributed by atoms with Crippen molar-refractivity contribution in [3.05, 3.63) is 65.1 Å². The Balaban J connectivity index is 1.97. The van der Waals surface area contributed by atoms with Gasteiger partial charge in [-0.3, -0.25) is 4.72 Å². The average Bonchev–Trinajstić information content (AvgIpc) is 2.90. The molecule has 3 rings (SSSR count). The van der Waals surface area contributed by atoms with Crippen LogP contribution in [-0.4, -0.2) is 66.2 Å². The third kappa shape index (κ3) is 7.78. The van der Waals surface area contributed by atoms with E-state index in [1.807, 2.05) is 20.8 Å². The van der Waals surface area contributed by atoms with Crippen molar-refractivity contribution in [1.82, 2.24) is 9.97 Å². The van der Waals surface area contributed by atoms with Crippen molar-refractivity contribution in [3.63, 3.8) is 0 Å². The molecule has 0 radical (unpaired) electrons.